The van der Waals surface area contributed by atoms with Gasteiger partial charge in [-0.3, -0.25) is 4.79 Å². The summed E-state index contributed by atoms with van der Waals surface area (Å²) in [6.45, 7) is 4.69. The molecule has 6 nitrogen and oxygen atoms in total. The molecule has 0 atom stereocenters. The summed E-state index contributed by atoms with van der Waals surface area (Å²) in [5.41, 5.74) is 0.728. The summed E-state index contributed by atoms with van der Waals surface area (Å²) in [5.74, 6) is -0.712. The second-order valence-electron chi connectivity index (χ2n) is 5.79. The number of aromatic hydroxyl groups is 1. The molecule has 0 amide bonds. The van der Waals surface area contributed by atoms with E-state index >= 15 is 0 Å². The van der Waals surface area contributed by atoms with Crippen molar-refractivity contribution in [1.29, 1.82) is 0 Å². The average Bonchev–Trinajstić information content (AvgIpc) is 2.60. The molecule has 0 radical (unpaired) electrons. The number of morpholine rings is 1. The quantitative estimate of drug-likeness (QED) is 0.679. The zero-order valence-corrected chi connectivity index (χ0v) is 13.9. The average molecular weight is 341 g/mol. The summed E-state index contributed by atoms with van der Waals surface area (Å²) in [5, 5.41) is 9.79. The van der Waals surface area contributed by atoms with Crippen molar-refractivity contribution in [3.8, 4) is 5.75 Å². The minimum Gasteiger partial charge on any atom is -0.507 e. The highest BCUT2D eigenvalue weighted by Crippen LogP contribution is 2.19. The van der Waals surface area contributed by atoms with Crippen LogP contribution in [-0.2, 0) is 4.74 Å². The van der Waals surface area contributed by atoms with Gasteiger partial charge in [0.25, 0.3) is 0 Å². The van der Waals surface area contributed by atoms with Crippen molar-refractivity contribution >= 4 is 17.5 Å². The molecule has 1 fully saturated rings. The maximum atomic E-state index is 12.2. The number of hydrogen-bond acceptors (Lipinski definition) is 6. The molecule has 1 aliphatic rings. The predicted molar refractivity (Wildman–Crippen MR) is 94.2 cm³/mol. The van der Waals surface area contributed by atoms with E-state index in [-0.39, 0.29) is 17.1 Å². The number of carbonyl (C=O) groups is 1. The lowest BCUT2D eigenvalue weighted by molar-refractivity contribution is 0.104. The molecule has 0 spiro atoms. The van der Waals surface area contributed by atoms with Crippen molar-refractivity contribution < 1.29 is 19.1 Å². The first-order valence-electron chi connectivity index (χ1n) is 8.03. The Morgan fingerprint density at radius 2 is 1.88 bits per heavy atom. The molecule has 1 saturated heterocycles. The summed E-state index contributed by atoms with van der Waals surface area (Å²) in [7, 11) is 0. The molecule has 1 aliphatic heterocycles. The van der Waals surface area contributed by atoms with Gasteiger partial charge in [-0.25, -0.2) is 4.79 Å². The first-order valence-corrected chi connectivity index (χ1v) is 8.03. The molecule has 1 N–H and O–H groups in total. The highest BCUT2D eigenvalue weighted by atomic mass is 16.5. The van der Waals surface area contributed by atoms with Gasteiger partial charge in [0.05, 0.1) is 13.2 Å². The summed E-state index contributed by atoms with van der Waals surface area (Å²) in [6, 6.07) is 9.00. The Kier molecular flexibility index (Phi) is 5.00. The van der Waals surface area contributed by atoms with Crippen LogP contribution in [0.4, 0.5) is 5.69 Å². The number of benzene rings is 1. The van der Waals surface area contributed by atoms with E-state index in [1.165, 1.54) is 19.1 Å². The van der Waals surface area contributed by atoms with Crippen molar-refractivity contribution in [2.24, 2.45) is 0 Å². The van der Waals surface area contributed by atoms with Crippen molar-refractivity contribution in [3.05, 3.63) is 63.7 Å². The normalized spacial score (nSPS) is 14.8. The van der Waals surface area contributed by atoms with Gasteiger partial charge in [-0.05, 0) is 30.7 Å². The molecular weight excluding hydrogens is 322 g/mol. The fourth-order valence-corrected chi connectivity index (χ4v) is 2.70. The van der Waals surface area contributed by atoms with Gasteiger partial charge >= 0.3 is 5.63 Å². The van der Waals surface area contributed by atoms with Gasteiger partial charge in [-0.1, -0.05) is 18.2 Å². The summed E-state index contributed by atoms with van der Waals surface area (Å²) >= 11 is 0. The van der Waals surface area contributed by atoms with Crippen LogP contribution < -0.4 is 10.5 Å². The second-order valence-corrected chi connectivity index (χ2v) is 5.79. The van der Waals surface area contributed by atoms with Gasteiger partial charge in [-0.15, -0.1) is 0 Å². The van der Waals surface area contributed by atoms with E-state index in [1.807, 2.05) is 24.3 Å². The Bertz CT molecular complexity index is 845. The van der Waals surface area contributed by atoms with E-state index in [4.69, 9.17) is 9.15 Å². The maximum absolute atomic E-state index is 12.2. The SMILES string of the molecule is Cc1cc(O)c(C(=O)/C=C/c2ccc(N3CCOCC3)cc2)c(=O)o1. The molecule has 0 bridgehead atoms. The van der Waals surface area contributed by atoms with Crippen molar-refractivity contribution in [2.75, 3.05) is 31.2 Å². The third kappa shape index (κ3) is 3.97. The second kappa shape index (κ2) is 7.36. The number of ketones is 1. The number of hydrogen-bond donors (Lipinski definition) is 1. The molecule has 0 unspecified atom stereocenters. The van der Waals surface area contributed by atoms with Gasteiger partial charge < -0.3 is 19.2 Å². The highest BCUT2D eigenvalue weighted by Gasteiger charge is 2.16. The van der Waals surface area contributed by atoms with Gasteiger partial charge in [0.2, 0.25) is 0 Å². The fraction of sp³-hybridized carbons (Fsp3) is 0.263. The molecular formula is C19H19NO5. The number of carbonyl (C=O) groups excluding carboxylic acids is 1. The van der Waals surface area contributed by atoms with Crippen LogP contribution in [-0.4, -0.2) is 37.2 Å². The number of allylic oxidation sites excluding steroid dienone is 1. The van der Waals surface area contributed by atoms with Crippen LogP contribution in [0, 0.1) is 6.92 Å². The zero-order valence-electron chi connectivity index (χ0n) is 13.9. The van der Waals surface area contributed by atoms with E-state index in [0.717, 1.165) is 37.6 Å². The molecule has 2 heterocycles. The Morgan fingerprint density at radius 3 is 2.52 bits per heavy atom. The molecule has 0 saturated carbocycles. The van der Waals surface area contributed by atoms with Gasteiger partial charge in [0.15, 0.2) is 5.78 Å². The fourth-order valence-electron chi connectivity index (χ4n) is 2.70. The zero-order chi connectivity index (χ0) is 17.8. The Labute approximate surface area is 145 Å². The lowest BCUT2D eigenvalue weighted by atomic mass is 10.1. The van der Waals surface area contributed by atoms with Crippen molar-refractivity contribution in [2.45, 2.75) is 6.92 Å². The summed E-state index contributed by atoms with van der Waals surface area (Å²) in [6.07, 6.45) is 2.86. The first kappa shape index (κ1) is 17.0. The number of nitrogens with zero attached hydrogens (tertiary/aromatic N) is 1. The lowest BCUT2D eigenvalue weighted by Gasteiger charge is -2.28. The molecule has 3 rings (SSSR count). The molecule has 1 aromatic heterocycles. The summed E-state index contributed by atoms with van der Waals surface area (Å²) < 4.78 is 10.2. The van der Waals surface area contributed by atoms with E-state index in [2.05, 4.69) is 4.90 Å². The van der Waals surface area contributed by atoms with Crippen LogP contribution in [0.25, 0.3) is 6.08 Å². The molecule has 1 aromatic carbocycles. The van der Waals surface area contributed by atoms with E-state index in [0.29, 0.717) is 0 Å². The van der Waals surface area contributed by atoms with Crippen LogP contribution in [0.2, 0.25) is 0 Å². The van der Waals surface area contributed by atoms with Gasteiger partial charge in [0.1, 0.15) is 17.1 Å². The predicted octanol–water partition coefficient (Wildman–Crippen LogP) is 2.39. The molecule has 2 aromatic rings. The smallest absolute Gasteiger partial charge is 0.351 e. The minimum atomic E-state index is -0.838. The monoisotopic (exact) mass is 341 g/mol. The molecule has 0 aliphatic carbocycles. The van der Waals surface area contributed by atoms with Gasteiger partial charge in [0, 0.05) is 24.8 Å². The lowest BCUT2D eigenvalue weighted by Crippen LogP contribution is -2.36. The molecule has 6 heteroatoms. The third-order valence-electron chi connectivity index (χ3n) is 4.00. The minimum absolute atomic E-state index is 0.252. The number of aryl methyl sites for hydroxylation is 1. The van der Waals surface area contributed by atoms with Crippen molar-refractivity contribution in [3.63, 3.8) is 0 Å². The molecule has 130 valence electrons. The van der Waals surface area contributed by atoms with Crippen LogP contribution in [0.1, 0.15) is 21.7 Å². The Hall–Kier alpha value is -2.86. The highest BCUT2D eigenvalue weighted by molar-refractivity contribution is 6.08. The third-order valence-corrected chi connectivity index (χ3v) is 4.00. The number of rotatable bonds is 4. The van der Waals surface area contributed by atoms with Gasteiger partial charge in [-0.2, -0.15) is 0 Å². The molecule has 25 heavy (non-hydrogen) atoms. The Balaban J connectivity index is 1.73. The topological polar surface area (TPSA) is 80.0 Å². The summed E-state index contributed by atoms with van der Waals surface area (Å²) in [4.78, 5) is 26.1. The standard InChI is InChI=1S/C19H19NO5/c1-13-12-17(22)18(19(23)25-13)16(21)7-4-14-2-5-15(6-3-14)20-8-10-24-11-9-20/h2-7,12,22H,8-11H2,1H3/b7-4+. The van der Waals surface area contributed by atoms with Crippen LogP contribution in [0.3, 0.4) is 0 Å². The number of ether oxygens (including phenoxy) is 1. The van der Waals surface area contributed by atoms with Crippen LogP contribution >= 0.6 is 0 Å². The largest absolute Gasteiger partial charge is 0.507 e. The first-order chi connectivity index (χ1) is 12.0. The van der Waals surface area contributed by atoms with E-state index < -0.39 is 11.4 Å². The maximum Gasteiger partial charge on any atom is 0.351 e. The number of anilines is 1. The van der Waals surface area contributed by atoms with E-state index in [9.17, 15) is 14.7 Å². The van der Waals surface area contributed by atoms with Crippen molar-refractivity contribution in [1.82, 2.24) is 0 Å². The Morgan fingerprint density at radius 1 is 1.20 bits per heavy atom. The van der Waals surface area contributed by atoms with E-state index in [1.54, 1.807) is 6.08 Å². The van der Waals surface area contributed by atoms with Crippen LogP contribution in [0.5, 0.6) is 5.75 Å². The van der Waals surface area contributed by atoms with Crippen LogP contribution in [0.15, 0.2) is 45.6 Å².